The Morgan fingerprint density at radius 1 is 1.53 bits per heavy atom. The van der Waals surface area contributed by atoms with E-state index in [0.29, 0.717) is 36.7 Å². The van der Waals surface area contributed by atoms with Crippen LogP contribution >= 0.6 is 0 Å². The van der Waals surface area contributed by atoms with Crippen molar-refractivity contribution >= 4 is 17.0 Å². The summed E-state index contributed by atoms with van der Waals surface area (Å²) in [5.41, 5.74) is 6.47. The molecule has 7 heteroatoms. The predicted octanol–water partition coefficient (Wildman–Crippen LogP) is -0.251. The van der Waals surface area contributed by atoms with Gasteiger partial charge in [-0.3, -0.25) is 4.57 Å². The maximum absolute atomic E-state index is 11.5. The largest absolute Gasteiger partial charge is 0.383 e. The van der Waals surface area contributed by atoms with E-state index in [1.807, 2.05) is 6.92 Å². The van der Waals surface area contributed by atoms with Gasteiger partial charge in [0.15, 0.2) is 5.65 Å². The van der Waals surface area contributed by atoms with Crippen LogP contribution in [0.15, 0.2) is 11.1 Å². The maximum atomic E-state index is 11.5. The van der Waals surface area contributed by atoms with E-state index in [-0.39, 0.29) is 5.69 Å². The molecular weight excluding hydrogens is 222 g/mol. The highest BCUT2D eigenvalue weighted by Gasteiger charge is 2.11. The molecule has 0 aromatic carbocycles. The predicted molar refractivity (Wildman–Crippen MR) is 63.7 cm³/mol. The number of hydrogen-bond acceptors (Lipinski definition) is 5. The zero-order valence-electron chi connectivity index (χ0n) is 9.88. The summed E-state index contributed by atoms with van der Waals surface area (Å²) < 4.78 is 8.30. The summed E-state index contributed by atoms with van der Waals surface area (Å²) in [5, 5.41) is 0. The van der Waals surface area contributed by atoms with Crippen molar-refractivity contribution in [1.82, 2.24) is 19.1 Å². The minimum Gasteiger partial charge on any atom is -0.383 e. The lowest BCUT2D eigenvalue weighted by molar-refractivity contribution is 0.139. The normalized spacial score (nSPS) is 11.2. The van der Waals surface area contributed by atoms with E-state index in [4.69, 9.17) is 10.5 Å². The Bertz CT molecular complexity index is 586. The molecule has 0 aliphatic rings. The number of hydrogen-bond donors (Lipinski definition) is 1. The monoisotopic (exact) mass is 237 g/mol. The van der Waals surface area contributed by atoms with Gasteiger partial charge in [0, 0.05) is 20.2 Å². The van der Waals surface area contributed by atoms with Crippen LogP contribution in [0.2, 0.25) is 0 Å². The quantitative estimate of drug-likeness (QED) is 0.741. The van der Waals surface area contributed by atoms with E-state index in [1.165, 1.54) is 4.57 Å². The minimum absolute atomic E-state index is 0.329. The summed E-state index contributed by atoms with van der Waals surface area (Å²) >= 11 is 0. The Hall–Kier alpha value is -1.89. The van der Waals surface area contributed by atoms with Crippen molar-refractivity contribution in [1.29, 1.82) is 0 Å². The molecule has 0 spiro atoms. The maximum Gasteiger partial charge on any atom is 0.350 e. The number of imidazole rings is 1. The number of nitrogens with zero attached hydrogens (tertiary/aromatic N) is 4. The SMILES string of the molecule is CCOCCn1cnc2c(N)n(C)c(=O)nc21. The number of anilines is 1. The molecule has 7 nitrogen and oxygen atoms in total. The van der Waals surface area contributed by atoms with Gasteiger partial charge in [0.2, 0.25) is 0 Å². The summed E-state index contributed by atoms with van der Waals surface area (Å²) in [5.74, 6) is 0.329. The highest BCUT2D eigenvalue weighted by molar-refractivity contribution is 5.81. The van der Waals surface area contributed by atoms with Crippen molar-refractivity contribution < 1.29 is 4.74 Å². The minimum atomic E-state index is -0.381. The second-order valence-electron chi connectivity index (χ2n) is 3.65. The summed E-state index contributed by atoms with van der Waals surface area (Å²) in [6.07, 6.45) is 1.62. The molecule has 2 rings (SSSR count). The van der Waals surface area contributed by atoms with Crippen molar-refractivity contribution in [3.05, 3.63) is 16.8 Å². The molecule has 0 unspecified atom stereocenters. The lowest BCUT2D eigenvalue weighted by Gasteiger charge is -2.05. The first-order valence-corrected chi connectivity index (χ1v) is 5.40. The van der Waals surface area contributed by atoms with Gasteiger partial charge in [-0.1, -0.05) is 0 Å². The van der Waals surface area contributed by atoms with Gasteiger partial charge in [-0.15, -0.1) is 0 Å². The van der Waals surface area contributed by atoms with Crippen molar-refractivity contribution in [2.24, 2.45) is 7.05 Å². The second-order valence-corrected chi connectivity index (χ2v) is 3.65. The molecule has 0 aliphatic heterocycles. The number of nitrogen functional groups attached to an aromatic ring is 1. The van der Waals surface area contributed by atoms with E-state index >= 15 is 0 Å². The van der Waals surface area contributed by atoms with Gasteiger partial charge >= 0.3 is 5.69 Å². The highest BCUT2D eigenvalue weighted by Crippen LogP contribution is 2.14. The van der Waals surface area contributed by atoms with E-state index < -0.39 is 0 Å². The van der Waals surface area contributed by atoms with E-state index in [9.17, 15) is 4.79 Å². The molecule has 0 saturated carbocycles. The molecule has 0 fully saturated rings. The average Bonchev–Trinajstić information content (AvgIpc) is 2.70. The standard InChI is InChI=1S/C10H15N5O2/c1-3-17-5-4-15-6-12-7-8(11)14(2)10(16)13-9(7)15/h6H,3-5,11H2,1-2H3. The van der Waals surface area contributed by atoms with Gasteiger partial charge in [-0.05, 0) is 6.92 Å². The number of nitrogens with two attached hydrogens (primary N) is 1. The Morgan fingerprint density at radius 3 is 3.00 bits per heavy atom. The van der Waals surface area contributed by atoms with Gasteiger partial charge in [0.05, 0.1) is 12.9 Å². The molecule has 2 aromatic rings. The number of aromatic nitrogens is 4. The van der Waals surface area contributed by atoms with Crippen LogP contribution < -0.4 is 11.4 Å². The molecule has 0 aliphatic carbocycles. The Kier molecular flexibility index (Phi) is 3.10. The molecule has 92 valence electrons. The van der Waals surface area contributed by atoms with E-state index in [0.717, 1.165) is 0 Å². The van der Waals surface area contributed by atoms with Crippen molar-refractivity contribution in [2.75, 3.05) is 18.9 Å². The van der Waals surface area contributed by atoms with E-state index in [1.54, 1.807) is 17.9 Å². The zero-order chi connectivity index (χ0) is 12.4. The van der Waals surface area contributed by atoms with Crippen molar-refractivity contribution in [2.45, 2.75) is 13.5 Å². The number of rotatable bonds is 4. The van der Waals surface area contributed by atoms with Gasteiger partial charge < -0.3 is 15.0 Å². The lowest BCUT2D eigenvalue weighted by Crippen LogP contribution is -2.23. The molecule has 2 heterocycles. The first-order valence-electron chi connectivity index (χ1n) is 5.40. The first kappa shape index (κ1) is 11.6. The van der Waals surface area contributed by atoms with Crippen LogP contribution in [0, 0.1) is 0 Å². The van der Waals surface area contributed by atoms with Crippen molar-refractivity contribution in [3.63, 3.8) is 0 Å². The highest BCUT2D eigenvalue weighted by atomic mass is 16.5. The van der Waals surface area contributed by atoms with Crippen LogP contribution in [0.4, 0.5) is 5.82 Å². The topological polar surface area (TPSA) is 88.0 Å². The molecule has 0 saturated heterocycles. The number of fused-ring (bicyclic) bond motifs is 1. The molecule has 2 aromatic heterocycles. The van der Waals surface area contributed by atoms with Crippen LogP contribution in [-0.4, -0.2) is 32.3 Å². The summed E-state index contributed by atoms with van der Waals surface area (Å²) in [6, 6.07) is 0. The fourth-order valence-electron chi connectivity index (χ4n) is 1.57. The Balaban J connectivity index is 2.43. The van der Waals surface area contributed by atoms with Crippen LogP contribution in [0.3, 0.4) is 0 Å². The molecule has 0 amide bonds. The van der Waals surface area contributed by atoms with Gasteiger partial charge in [0.1, 0.15) is 11.3 Å². The van der Waals surface area contributed by atoms with Gasteiger partial charge in [0.25, 0.3) is 0 Å². The van der Waals surface area contributed by atoms with Crippen LogP contribution in [0.5, 0.6) is 0 Å². The smallest absolute Gasteiger partial charge is 0.350 e. The van der Waals surface area contributed by atoms with Crippen LogP contribution in [0.25, 0.3) is 11.2 Å². The molecule has 2 N–H and O–H groups in total. The molecule has 0 bridgehead atoms. The van der Waals surface area contributed by atoms with Crippen molar-refractivity contribution in [3.8, 4) is 0 Å². The summed E-state index contributed by atoms with van der Waals surface area (Å²) in [7, 11) is 1.57. The average molecular weight is 237 g/mol. The van der Waals surface area contributed by atoms with E-state index in [2.05, 4.69) is 9.97 Å². The fourth-order valence-corrected chi connectivity index (χ4v) is 1.57. The molecule has 17 heavy (non-hydrogen) atoms. The molecule has 0 atom stereocenters. The summed E-state index contributed by atoms with van der Waals surface area (Å²) in [4.78, 5) is 19.6. The third kappa shape index (κ3) is 2.01. The second kappa shape index (κ2) is 4.54. The molecule has 0 radical (unpaired) electrons. The van der Waals surface area contributed by atoms with Crippen LogP contribution in [-0.2, 0) is 18.3 Å². The van der Waals surface area contributed by atoms with Gasteiger partial charge in [-0.2, -0.15) is 4.98 Å². The van der Waals surface area contributed by atoms with Gasteiger partial charge in [-0.25, -0.2) is 9.78 Å². The first-order chi connectivity index (χ1) is 8.15. The summed E-state index contributed by atoms with van der Waals surface area (Å²) in [6.45, 7) is 3.74. The third-order valence-electron chi connectivity index (χ3n) is 2.58. The lowest BCUT2D eigenvalue weighted by atomic mass is 10.5. The Morgan fingerprint density at radius 2 is 2.29 bits per heavy atom. The molecular formula is C10H15N5O2. The van der Waals surface area contributed by atoms with Crippen LogP contribution in [0.1, 0.15) is 6.92 Å². The Labute approximate surface area is 97.8 Å². The fraction of sp³-hybridized carbons (Fsp3) is 0.500. The third-order valence-corrected chi connectivity index (χ3v) is 2.58. The number of ether oxygens (including phenoxy) is 1. The zero-order valence-corrected chi connectivity index (χ0v) is 9.88.